The van der Waals surface area contributed by atoms with E-state index < -0.39 is 0 Å². The summed E-state index contributed by atoms with van der Waals surface area (Å²) in [4.78, 5) is 4.10. The van der Waals surface area contributed by atoms with Crippen molar-refractivity contribution in [3.05, 3.63) is 42.7 Å². The van der Waals surface area contributed by atoms with Gasteiger partial charge in [-0.15, -0.1) is 0 Å². The SMILES string of the molecule is Nc1ccncc1-c1cccc(OC2CC2)c1. The summed E-state index contributed by atoms with van der Waals surface area (Å²) in [6.45, 7) is 0. The molecule has 0 radical (unpaired) electrons. The molecule has 0 bridgehead atoms. The highest BCUT2D eigenvalue weighted by atomic mass is 16.5. The zero-order valence-electron chi connectivity index (χ0n) is 9.47. The molecule has 86 valence electrons. The first kappa shape index (κ1) is 10.1. The lowest BCUT2D eigenvalue weighted by Crippen LogP contribution is -1.96. The van der Waals surface area contributed by atoms with Gasteiger partial charge in [0.15, 0.2) is 0 Å². The lowest BCUT2D eigenvalue weighted by Gasteiger charge is -2.08. The average molecular weight is 226 g/mol. The Morgan fingerprint density at radius 3 is 2.88 bits per heavy atom. The summed E-state index contributed by atoms with van der Waals surface area (Å²) in [7, 11) is 0. The van der Waals surface area contributed by atoms with Gasteiger partial charge < -0.3 is 10.5 Å². The Bertz CT molecular complexity index is 535. The van der Waals surface area contributed by atoms with E-state index in [-0.39, 0.29) is 0 Å². The molecule has 1 aliphatic rings. The van der Waals surface area contributed by atoms with Gasteiger partial charge in [-0.3, -0.25) is 4.98 Å². The maximum Gasteiger partial charge on any atom is 0.120 e. The number of nitrogens with two attached hydrogens (primary N) is 1. The van der Waals surface area contributed by atoms with Crippen molar-refractivity contribution in [1.29, 1.82) is 0 Å². The molecule has 3 nitrogen and oxygen atoms in total. The smallest absolute Gasteiger partial charge is 0.120 e. The third-order valence-corrected chi connectivity index (χ3v) is 2.83. The monoisotopic (exact) mass is 226 g/mol. The Kier molecular flexibility index (Phi) is 2.44. The molecule has 1 aromatic heterocycles. The summed E-state index contributed by atoms with van der Waals surface area (Å²) in [6, 6.07) is 9.82. The van der Waals surface area contributed by atoms with Crippen LogP contribution in [0.5, 0.6) is 5.75 Å². The molecule has 1 aliphatic carbocycles. The maximum atomic E-state index is 5.94. The van der Waals surface area contributed by atoms with Gasteiger partial charge in [-0.1, -0.05) is 12.1 Å². The second-order valence-corrected chi connectivity index (χ2v) is 4.31. The van der Waals surface area contributed by atoms with Crippen molar-refractivity contribution in [3.63, 3.8) is 0 Å². The number of rotatable bonds is 3. The first-order valence-corrected chi connectivity index (χ1v) is 5.79. The van der Waals surface area contributed by atoms with Crippen LogP contribution in [-0.2, 0) is 0 Å². The molecule has 0 unspecified atom stereocenters. The van der Waals surface area contributed by atoms with Crippen LogP contribution in [-0.4, -0.2) is 11.1 Å². The van der Waals surface area contributed by atoms with E-state index >= 15 is 0 Å². The second kappa shape index (κ2) is 4.09. The van der Waals surface area contributed by atoms with Crippen LogP contribution in [0.4, 0.5) is 5.69 Å². The van der Waals surface area contributed by atoms with Crippen LogP contribution in [0.15, 0.2) is 42.7 Å². The van der Waals surface area contributed by atoms with E-state index in [0.29, 0.717) is 6.10 Å². The standard InChI is InChI=1S/C14H14N2O/c15-14-6-7-16-9-13(14)10-2-1-3-12(8-10)17-11-4-5-11/h1-3,6-9,11H,4-5H2,(H2,15,16). The largest absolute Gasteiger partial charge is 0.490 e. The van der Waals surface area contributed by atoms with E-state index in [1.165, 1.54) is 12.8 Å². The molecule has 2 aromatic rings. The molecule has 1 heterocycles. The van der Waals surface area contributed by atoms with Gasteiger partial charge >= 0.3 is 0 Å². The van der Waals surface area contributed by atoms with E-state index in [9.17, 15) is 0 Å². The van der Waals surface area contributed by atoms with Crippen LogP contribution in [0.1, 0.15) is 12.8 Å². The summed E-state index contributed by atoms with van der Waals surface area (Å²) in [5, 5.41) is 0. The van der Waals surface area contributed by atoms with Crippen molar-refractivity contribution >= 4 is 5.69 Å². The van der Waals surface area contributed by atoms with Crippen molar-refractivity contribution in [2.75, 3.05) is 5.73 Å². The summed E-state index contributed by atoms with van der Waals surface area (Å²) in [5.74, 6) is 0.910. The highest BCUT2D eigenvalue weighted by molar-refractivity contribution is 5.75. The molecule has 0 aliphatic heterocycles. The molecular formula is C14H14N2O. The van der Waals surface area contributed by atoms with E-state index in [1.54, 1.807) is 12.4 Å². The number of hydrogen-bond donors (Lipinski definition) is 1. The van der Waals surface area contributed by atoms with E-state index in [2.05, 4.69) is 4.98 Å². The second-order valence-electron chi connectivity index (χ2n) is 4.31. The van der Waals surface area contributed by atoms with E-state index in [4.69, 9.17) is 10.5 Å². The Hall–Kier alpha value is -2.03. The van der Waals surface area contributed by atoms with Crippen LogP contribution in [0, 0.1) is 0 Å². The van der Waals surface area contributed by atoms with Gasteiger partial charge in [-0.25, -0.2) is 0 Å². The lowest BCUT2D eigenvalue weighted by molar-refractivity contribution is 0.303. The van der Waals surface area contributed by atoms with Crippen molar-refractivity contribution < 1.29 is 4.74 Å². The zero-order valence-corrected chi connectivity index (χ0v) is 9.47. The third-order valence-electron chi connectivity index (χ3n) is 2.83. The minimum Gasteiger partial charge on any atom is -0.490 e. The molecule has 2 N–H and O–H groups in total. The van der Waals surface area contributed by atoms with Gasteiger partial charge in [0, 0.05) is 23.6 Å². The van der Waals surface area contributed by atoms with Gasteiger partial charge in [0.25, 0.3) is 0 Å². The molecule has 0 atom stereocenters. The topological polar surface area (TPSA) is 48.1 Å². The van der Waals surface area contributed by atoms with Crippen molar-refractivity contribution in [1.82, 2.24) is 4.98 Å². The maximum absolute atomic E-state index is 5.94. The number of nitrogen functional groups attached to an aromatic ring is 1. The van der Waals surface area contributed by atoms with E-state index in [1.807, 2.05) is 30.3 Å². The Balaban J connectivity index is 1.94. The predicted molar refractivity (Wildman–Crippen MR) is 67.7 cm³/mol. The molecule has 17 heavy (non-hydrogen) atoms. The molecule has 0 spiro atoms. The first-order valence-electron chi connectivity index (χ1n) is 5.79. The summed E-state index contributed by atoms with van der Waals surface area (Å²) in [6.07, 6.45) is 6.23. The van der Waals surface area contributed by atoms with Crippen LogP contribution < -0.4 is 10.5 Å². The number of benzene rings is 1. The van der Waals surface area contributed by atoms with Gasteiger partial charge in [-0.2, -0.15) is 0 Å². The summed E-state index contributed by atoms with van der Waals surface area (Å²) in [5.41, 5.74) is 8.68. The van der Waals surface area contributed by atoms with Crippen molar-refractivity contribution in [2.45, 2.75) is 18.9 Å². The fourth-order valence-corrected chi connectivity index (χ4v) is 1.76. The van der Waals surface area contributed by atoms with Gasteiger partial charge in [0.05, 0.1) is 6.10 Å². The van der Waals surface area contributed by atoms with E-state index in [0.717, 1.165) is 22.6 Å². The molecule has 0 amide bonds. The zero-order chi connectivity index (χ0) is 11.7. The molecule has 1 aromatic carbocycles. The Morgan fingerprint density at radius 1 is 1.24 bits per heavy atom. The van der Waals surface area contributed by atoms with Crippen LogP contribution in [0.3, 0.4) is 0 Å². The molecule has 3 heteroatoms. The minimum atomic E-state index is 0.413. The number of ether oxygens (including phenoxy) is 1. The average Bonchev–Trinajstić information content (AvgIpc) is 3.14. The van der Waals surface area contributed by atoms with Crippen LogP contribution in [0.2, 0.25) is 0 Å². The molecule has 3 rings (SSSR count). The fraction of sp³-hybridized carbons (Fsp3) is 0.214. The third kappa shape index (κ3) is 2.23. The van der Waals surface area contributed by atoms with Crippen LogP contribution >= 0.6 is 0 Å². The first-order chi connectivity index (χ1) is 8.33. The molecule has 0 saturated heterocycles. The Labute approximate surface area is 100 Å². The predicted octanol–water partition coefficient (Wildman–Crippen LogP) is 2.87. The fourth-order valence-electron chi connectivity index (χ4n) is 1.76. The van der Waals surface area contributed by atoms with Gasteiger partial charge in [0.2, 0.25) is 0 Å². The molecule has 1 fully saturated rings. The highest BCUT2D eigenvalue weighted by Gasteiger charge is 2.23. The number of aromatic nitrogens is 1. The summed E-state index contributed by atoms with van der Waals surface area (Å²) >= 11 is 0. The lowest BCUT2D eigenvalue weighted by atomic mass is 10.1. The quantitative estimate of drug-likeness (QED) is 0.875. The normalized spacial score (nSPS) is 14.6. The molecule has 1 saturated carbocycles. The Morgan fingerprint density at radius 2 is 2.12 bits per heavy atom. The van der Waals surface area contributed by atoms with Gasteiger partial charge in [-0.05, 0) is 36.6 Å². The number of nitrogens with zero attached hydrogens (tertiary/aromatic N) is 1. The number of hydrogen-bond acceptors (Lipinski definition) is 3. The van der Waals surface area contributed by atoms with Gasteiger partial charge in [0.1, 0.15) is 5.75 Å². The van der Waals surface area contributed by atoms with Crippen molar-refractivity contribution in [2.24, 2.45) is 0 Å². The van der Waals surface area contributed by atoms with Crippen LogP contribution in [0.25, 0.3) is 11.1 Å². The molecular weight excluding hydrogens is 212 g/mol. The summed E-state index contributed by atoms with van der Waals surface area (Å²) < 4.78 is 5.77. The number of anilines is 1. The number of pyridine rings is 1. The minimum absolute atomic E-state index is 0.413. The van der Waals surface area contributed by atoms with Crippen molar-refractivity contribution in [3.8, 4) is 16.9 Å². The highest BCUT2D eigenvalue weighted by Crippen LogP contribution is 2.31.